The van der Waals surface area contributed by atoms with Gasteiger partial charge in [0.15, 0.2) is 5.96 Å². The zero-order valence-electron chi connectivity index (χ0n) is 18.2. The Labute approximate surface area is 201 Å². The van der Waals surface area contributed by atoms with Gasteiger partial charge >= 0.3 is 0 Å². The van der Waals surface area contributed by atoms with Crippen molar-refractivity contribution in [2.45, 2.75) is 32.4 Å². The van der Waals surface area contributed by atoms with Crippen LogP contribution in [0.15, 0.2) is 65.8 Å². The number of halogens is 1. The van der Waals surface area contributed by atoms with Crippen LogP contribution in [0.4, 0.5) is 0 Å². The largest absolute Gasteiger partial charge is 0.373 e. The third-order valence-corrected chi connectivity index (χ3v) is 5.79. The summed E-state index contributed by atoms with van der Waals surface area (Å²) < 4.78 is 6.15. The molecule has 164 valence electrons. The average molecular weight is 530 g/mol. The number of hydrogen-bond acceptors (Lipinski definition) is 3. The zero-order valence-corrected chi connectivity index (χ0v) is 20.5. The van der Waals surface area contributed by atoms with Crippen LogP contribution in [0.5, 0.6) is 0 Å². The summed E-state index contributed by atoms with van der Waals surface area (Å²) in [6.45, 7) is 4.48. The van der Waals surface area contributed by atoms with Crippen LogP contribution >= 0.6 is 24.0 Å². The first kappa shape index (κ1) is 23.5. The van der Waals surface area contributed by atoms with E-state index in [1.807, 2.05) is 25.4 Å². The van der Waals surface area contributed by atoms with Gasteiger partial charge in [0, 0.05) is 44.2 Å². The number of aliphatic imine (C=N–C) groups is 1. The number of rotatable bonds is 5. The van der Waals surface area contributed by atoms with Crippen molar-refractivity contribution in [2.24, 2.45) is 10.9 Å². The number of benzene rings is 2. The second-order valence-corrected chi connectivity index (χ2v) is 7.90. The van der Waals surface area contributed by atoms with Gasteiger partial charge < -0.3 is 15.4 Å². The Bertz CT molecular complexity index is 1000. The summed E-state index contributed by atoms with van der Waals surface area (Å²) >= 11 is 0. The predicted octanol–water partition coefficient (Wildman–Crippen LogP) is 4.99. The Morgan fingerprint density at radius 1 is 1.10 bits per heavy atom. The fraction of sp³-hybridized carbons (Fsp3) is 0.360. The van der Waals surface area contributed by atoms with Crippen molar-refractivity contribution in [1.29, 1.82) is 0 Å². The number of ether oxygens (including phenoxy) is 1. The molecule has 0 amide bonds. The molecule has 0 saturated carbocycles. The molecule has 6 heteroatoms. The van der Waals surface area contributed by atoms with E-state index in [2.05, 4.69) is 70.0 Å². The first-order valence-corrected chi connectivity index (χ1v) is 10.7. The Morgan fingerprint density at radius 2 is 1.90 bits per heavy atom. The summed E-state index contributed by atoms with van der Waals surface area (Å²) in [7, 11) is 1.81. The molecular weight excluding hydrogens is 499 g/mol. The summed E-state index contributed by atoms with van der Waals surface area (Å²) in [4.78, 5) is 8.86. The van der Waals surface area contributed by atoms with Crippen LogP contribution in [0, 0.1) is 12.8 Å². The highest BCUT2D eigenvalue weighted by molar-refractivity contribution is 14.0. The summed E-state index contributed by atoms with van der Waals surface area (Å²) in [6, 6.07) is 19.0. The lowest BCUT2D eigenvalue weighted by Gasteiger charge is -2.32. The molecule has 5 nitrogen and oxygen atoms in total. The second kappa shape index (κ2) is 11.4. The summed E-state index contributed by atoms with van der Waals surface area (Å²) in [5.74, 6) is 1.23. The SMILES string of the molecule is CN=C(NCc1ccnc2ccccc12)NCC1CCCOC1c1ccc(C)cc1.I. The molecule has 1 aliphatic rings. The van der Waals surface area contributed by atoms with Crippen LogP contribution < -0.4 is 10.6 Å². The molecular formula is C25H31IN4O. The van der Waals surface area contributed by atoms with E-state index in [4.69, 9.17) is 4.74 Å². The smallest absolute Gasteiger partial charge is 0.191 e. The van der Waals surface area contributed by atoms with E-state index in [0.717, 1.165) is 37.5 Å². The number of pyridine rings is 1. The van der Waals surface area contributed by atoms with E-state index in [0.29, 0.717) is 12.5 Å². The zero-order chi connectivity index (χ0) is 20.8. The highest BCUT2D eigenvalue weighted by atomic mass is 127. The minimum Gasteiger partial charge on any atom is -0.373 e. The first-order valence-electron chi connectivity index (χ1n) is 10.7. The van der Waals surface area contributed by atoms with Gasteiger partial charge in [-0.05, 0) is 43.0 Å². The lowest BCUT2D eigenvalue weighted by atomic mass is 9.89. The van der Waals surface area contributed by atoms with E-state index < -0.39 is 0 Å². The van der Waals surface area contributed by atoms with Gasteiger partial charge in [-0.3, -0.25) is 9.98 Å². The van der Waals surface area contributed by atoms with Crippen molar-refractivity contribution in [3.05, 3.63) is 77.5 Å². The minimum absolute atomic E-state index is 0. The molecule has 4 rings (SSSR count). The number of fused-ring (bicyclic) bond motifs is 1. The van der Waals surface area contributed by atoms with Gasteiger partial charge in [-0.25, -0.2) is 0 Å². The molecule has 2 heterocycles. The van der Waals surface area contributed by atoms with Crippen LogP contribution in [0.1, 0.15) is 35.6 Å². The van der Waals surface area contributed by atoms with Crippen LogP contribution in [0.2, 0.25) is 0 Å². The quantitative estimate of drug-likeness (QED) is 0.277. The van der Waals surface area contributed by atoms with Gasteiger partial charge in [0.25, 0.3) is 0 Å². The molecule has 1 fully saturated rings. The summed E-state index contributed by atoms with van der Waals surface area (Å²) in [5, 5.41) is 8.13. The fourth-order valence-electron chi connectivity index (χ4n) is 4.11. The van der Waals surface area contributed by atoms with E-state index in [1.54, 1.807) is 0 Å². The lowest BCUT2D eigenvalue weighted by Crippen LogP contribution is -2.41. The maximum Gasteiger partial charge on any atom is 0.191 e. The third kappa shape index (κ3) is 5.95. The third-order valence-electron chi connectivity index (χ3n) is 5.79. The first-order chi connectivity index (χ1) is 14.7. The van der Waals surface area contributed by atoms with Gasteiger partial charge in [-0.1, -0.05) is 48.0 Å². The number of hydrogen-bond donors (Lipinski definition) is 2. The van der Waals surface area contributed by atoms with Crippen molar-refractivity contribution in [3.63, 3.8) is 0 Å². The second-order valence-electron chi connectivity index (χ2n) is 7.90. The number of nitrogens with zero attached hydrogens (tertiary/aromatic N) is 2. The Balaban J connectivity index is 0.00000272. The number of nitrogens with one attached hydrogen (secondary N) is 2. The van der Waals surface area contributed by atoms with Crippen molar-refractivity contribution < 1.29 is 4.74 Å². The summed E-state index contributed by atoms with van der Waals surface area (Å²) in [6.07, 6.45) is 4.25. The van der Waals surface area contributed by atoms with Gasteiger partial charge in [0.2, 0.25) is 0 Å². The Morgan fingerprint density at radius 3 is 2.71 bits per heavy atom. The predicted molar refractivity (Wildman–Crippen MR) is 138 cm³/mol. The van der Waals surface area contributed by atoms with Crippen LogP contribution in [0.3, 0.4) is 0 Å². The van der Waals surface area contributed by atoms with Crippen molar-refractivity contribution in [1.82, 2.24) is 15.6 Å². The monoisotopic (exact) mass is 530 g/mol. The fourth-order valence-corrected chi connectivity index (χ4v) is 4.11. The van der Waals surface area contributed by atoms with Gasteiger partial charge in [-0.2, -0.15) is 0 Å². The molecule has 0 aliphatic carbocycles. The Kier molecular flexibility index (Phi) is 8.66. The van der Waals surface area contributed by atoms with Crippen LogP contribution in [-0.2, 0) is 11.3 Å². The average Bonchev–Trinajstić information content (AvgIpc) is 2.80. The van der Waals surface area contributed by atoms with Crippen molar-refractivity contribution >= 4 is 40.8 Å². The number of para-hydroxylation sites is 1. The molecule has 0 radical (unpaired) electrons. The molecule has 1 saturated heterocycles. The molecule has 0 bridgehead atoms. The van der Waals surface area contributed by atoms with E-state index in [1.165, 1.54) is 22.1 Å². The number of aromatic nitrogens is 1. The maximum absolute atomic E-state index is 6.15. The van der Waals surface area contributed by atoms with Crippen LogP contribution in [-0.4, -0.2) is 31.1 Å². The van der Waals surface area contributed by atoms with Crippen molar-refractivity contribution in [2.75, 3.05) is 20.2 Å². The highest BCUT2D eigenvalue weighted by Gasteiger charge is 2.27. The molecule has 2 aromatic carbocycles. The highest BCUT2D eigenvalue weighted by Crippen LogP contribution is 2.33. The van der Waals surface area contributed by atoms with E-state index in [9.17, 15) is 0 Å². The normalized spacial score (nSPS) is 19.0. The van der Waals surface area contributed by atoms with Crippen molar-refractivity contribution in [3.8, 4) is 0 Å². The Hall–Kier alpha value is -2.19. The lowest BCUT2D eigenvalue weighted by molar-refractivity contribution is -0.0265. The maximum atomic E-state index is 6.15. The molecule has 2 unspecified atom stereocenters. The topological polar surface area (TPSA) is 58.5 Å². The molecule has 2 N–H and O–H groups in total. The van der Waals surface area contributed by atoms with Gasteiger partial charge in [-0.15, -0.1) is 24.0 Å². The number of guanidine groups is 1. The number of aryl methyl sites for hydroxylation is 1. The minimum atomic E-state index is 0. The molecule has 3 aromatic rings. The standard InChI is InChI=1S/C25H30N4O.HI/c1-18-9-11-19(12-10-18)24-21(6-5-15-30-24)17-29-25(26-2)28-16-20-13-14-27-23-8-4-3-7-22(20)23;/h3-4,7-14,21,24H,5-6,15-17H2,1-2H3,(H2,26,28,29);1H. The van der Waals surface area contributed by atoms with E-state index in [-0.39, 0.29) is 30.1 Å². The molecule has 31 heavy (non-hydrogen) atoms. The molecule has 0 spiro atoms. The molecule has 1 aliphatic heterocycles. The van der Waals surface area contributed by atoms with E-state index >= 15 is 0 Å². The van der Waals surface area contributed by atoms with Gasteiger partial charge in [0.1, 0.15) is 0 Å². The molecule has 2 atom stereocenters. The summed E-state index contributed by atoms with van der Waals surface area (Å²) in [5.41, 5.74) is 4.76. The molecule has 1 aromatic heterocycles. The van der Waals surface area contributed by atoms with Gasteiger partial charge in [0.05, 0.1) is 11.6 Å². The van der Waals surface area contributed by atoms with Crippen LogP contribution in [0.25, 0.3) is 10.9 Å².